The number of esters is 1. The van der Waals surface area contributed by atoms with E-state index < -0.39 is 15.8 Å². The van der Waals surface area contributed by atoms with Crippen LogP contribution in [0.4, 0.5) is 5.82 Å². The zero-order valence-corrected chi connectivity index (χ0v) is 11.4. The van der Waals surface area contributed by atoms with E-state index in [2.05, 4.69) is 15.0 Å². The van der Waals surface area contributed by atoms with E-state index in [-0.39, 0.29) is 17.4 Å². The summed E-state index contributed by atoms with van der Waals surface area (Å²) in [6.07, 6.45) is 2.22. The van der Waals surface area contributed by atoms with E-state index in [4.69, 9.17) is 0 Å². The maximum Gasteiger partial charge on any atom is 0.341 e. The van der Waals surface area contributed by atoms with Crippen LogP contribution in [0.1, 0.15) is 16.8 Å². The number of anilines is 1. The smallest absolute Gasteiger partial charge is 0.341 e. The van der Waals surface area contributed by atoms with Gasteiger partial charge in [0.05, 0.1) is 18.6 Å². The number of pyridine rings is 1. The zero-order valence-electron chi connectivity index (χ0n) is 10.6. The molecule has 0 radical (unpaired) electrons. The highest BCUT2D eigenvalue weighted by atomic mass is 32.2. The molecule has 1 aliphatic heterocycles. The molecule has 0 aliphatic carbocycles. The van der Waals surface area contributed by atoms with Crippen molar-refractivity contribution in [3.63, 3.8) is 0 Å². The molecule has 1 aromatic heterocycles. The molecule has 2 rings (SSSR count). The molecule has 1 fully saturated rings. The number of nitrogens with zero attached hydrogens (tertiary/aromatic N) is 1. The summed E-state index contributed by atoms with van der Waals surface area (Å²) in [5.41, 5.74) is 0.353. The van der Waals surface area contributed by atoms with Crippen LogP contribution < -0.4 is 5.32 Å². The monoisotopic (exact) mass is 284 g/mol. The second-order valence-corrected chi connectivity index (χ2v) is 6.77. The van der Waals surface area contributed by atoms with Crippen LogP contribution in [0.5, 0.6) is 0 Å². The fraction of sp³-hybridized carbons (Fsp3) is 0.500. The summed E-state index contributed by atoms with van der Waals surface area (Å²) in [5, 5.41) is 3.03. The number of ether oxygens (including phenoxy) is 1. The SMILES string of the molecule is COC(=O)c1cccnc1NCC1CCS(=O)(=O)C1. The lowest BCUT2D eigenvalue weighted by Crippen LogP contribution is -2.18. The van der Waals surface area contributed by atoms with Crippen LogP contribution >= 0.6 is 0 Å². The minimum atomic E-state index is -2.88. The predicted molar refractivity (Wildman–Crippen MR) is 70.8 cm³/mol. The van der Waals surface area contributed by atoms with E-state index in [1.165, 1.54) is 7.11 Å². The molecule has 1 N–H and O–H groups in total. The van der Waals surface area contributed by atoms with Gasteiger partial charge in [0.2, 0.25) is 0 Å². The van der Waals surface area contributed by atoms with Gasteiger partial charge in [0.25, 0.3) is 0 Å². The Morgan fingerprint density at radius 1 is 1.58 bits per heavy atom. The highest BCUT2D eigenvalue weighted by Crippen LogP contribution is 2.20. The van der Waals surface area contributed by atoms with Gasteiger partial charge in [-0.25, -0.2) is 18.2 Å². The van der Waals surface area contributed by atoms with Gasteiger partial charge >= 0.3 is 5.97 Å². The summed E-state index contributed by atoms with van der Waals surface area (Å²) in [6.45, 7) is 0.486. The van der Waals surface area contributed by atoms with E-state index in [0.717, 1.165) is 0 Å². The number of carbonyl (C=O) groups excluding carboxylic acids is 1. The Morgan fingerprint density at radius 2 is 2.37 bits per heavy atom. The minimum Gasteiger partial charge on any atom is -0.465 e. The highest BCUT2D eigenvalue weighted by molar-refractivity contribution is 7.91. The molecule has 0 amide bonds. The van der Waals surface area contributed by atoms with Crippen LogP contribution in [0.15, 0.2) is 18.3 Å². The molecule has 0 aromatic carbocycles. The summed E-state index contributed by atoms with van der Waals surface area (Å²) in [6, 6.07) is 3.27. The Bertz CT molecular complexity index is 571. The fourth-order valence-electron chi connectivity index (χ4n) is 2.09. The molecular formula is C12H16N2O4S. The van der Waals surface area contributed by atoms with Gasteiger partial charge in [0.1, 0.15) is 11.4 Å². The normalized spacial score (nSPS) is 21.0. The van der Waals surface area contributed by atoms with Crippen molar-refractivity contribution >= 4 is 21.6 Å². The summed E-state index contributed by atoms with van der Waals surface area (Å²) >= 11 is 0. The van der Waals surface area contributed by atoms with Crippen LogP contribution in [-0.2, 0) is 14.6 Å². The molecule has 1 aliphatic rings. The molecule has 104 valence electrons. The Hall–Kier alpha value is -1.63. The third-order valence-corrected chi connectivity index (χ3v) is 4.93. The summed E-state index contributed by atoms with van der Waals surface area (Å²) in [5.74, 6) is 0.469. The molecule has 1 atom stereocenters. The Balaban J connectivity index is 2.02. The minimum absolute atomic E-state index is 0.0671. The van der Waals surface area contributed by atoms with Crippen LogP contribution in [0.3, 0.4) is 0 Å². The molecule has 1 aromatic rings. The molecule has 0 spiro atoms. The third kappa shape index (κ3) is 3.44. The second-order valence-electron chi connectivity index (χ2n) is 4.54. The number of aromatic nitrogens is 1. The van der Waals surface area contributed by atoms with E-state index in [9.17, 15) is 13.2 Å². The lowest BCUT2D eigenvalue weighted by atomic mass is 10.1. The summed E-state index contributed by atoms with van der Waals surface area (Å²) in [7, 11) is -1.57. The lowest BCUT2D eigenvalue weighted by Gasteiger charge is -2.12. The van der Waals surface area contributed by atoms with E-state index >= 15 is 0 Å². The standard InChI is InChI=1S/C12H16N2O4S/c1-18-12(15)10-3-2-5-13-11(10)14-7-9-4-6-19(16,17)8-9/h2-3,5,9H,4,6-8H2,1H3,(H,13,14). The van der Waals surface area contributed by atoms with Gasteiger partial charge in [-0.3, -0.25) is 0 Å². The van der Waals surface area contributed by atoms with Gasteiger partial charge in [-0.1, -0.05) is 0 Å². The number of sulfone groups is 1. The molecule has 7 heteroatoms. The Kier molecular flexibility index (Phi) is 4.04. The molecule has 0 bridgehead atoms. The van der Waals surface area contributed by atoms with Gasteiger partial charge in [0, 0.05) is 12.7 Å². The maximum atomic E-state index is 11.5. The van der Waals surface area contributed by atoms with Crippen molar-refractivity contribution in [2.45, 2.75) is 6.42 Å². The van der Waals surface area contributed by atoms with Gasteiger partial charge < -0.3 is 10.1 Å². The summed E-state index contributed by atoms with van der Waals surface area (Å²) < 4.78 is 27.4. The summed E-state index contributed by atoms with van der Waals surface area (Å²) in [4.78, 5) is 15.6. The Labute approximate surface area is 112 Å². The first-order valence-corrected chi connectivity index (χ1v) is 7.81. The van der Waals surface area contributed by atoms with Gasteiger partial charge in [0.15, 0.2) is 9.84 Å². The van der Waals surface area contributed by atoms with Crippen LogP contribution in [0.25, 0.3) is 0 Å². The quantitative estimate of drug-likeness (QED) is 0.820. The van der Waals surface area contributed by atoms with Crippen LogP contribution in [-0.4, -0.2) is 44.5 Å². The third-order valence-electron chi connectivity index (χ3n) is 3.10. The molecule has 6 nitrogen and oxygen atoms in total. The molecule has 1 unspecified atom stereocenters. The van der Waals surface area contributed by atoms with Crippen LogP contribution in [0, 0.1) is 5.92 Å². The zero-order chi connectivity index (χ0) is 13.9. The maximum absolute atomic E-state index is 11.5. The largest absolute Gasteiger partial charge is 0.465 e. The van der Waals surface area contributed by atoms with Crippen molar-refractivity contribution in [1.29, 1.82) is 0 Å². The number of hydrogen-bond acceptors (Lipinski definition) is 6. The van der Waals surface area contributed by atoms with Crippen molar-refractivity contribution in [3.8, 4) is 0 Å². The van der Waals surface area contributed by atoms with Crippen molar-refractivity contribution in [2.75, 3.05) is 30.5 Å². The fourth-order valence-corrected chi connectivity index (χ4v) is 3.96. The molecule has 2 heterocycles. The van der Waals surface area contributed by atoms with Gasteiger partial charge in [-0.2, -0.15) is 0 Å². The van der Waals surface area contributed by atoms with E-state index in [1.807, 2.05) is 0 Å². The van der Waals surface area contributed by atoms with Crippen molar-refractivity contribution in [3.05, 3.63) is 23.9 Å². The number of methoxy groups -OCH3 is 1. The van der Waals surface area contributed by atoms with E-state index in [0.29, 0.717) is 24.3 Å². The molecule has 19 heavy (non-hydrogen) atoms. The first-order chi connectivity index (χ1) is 9.02. The van der Waals surface area contributed by atoms with Crippen molar-refractivity contribution in [1.82, 2.24) is 4.98 Å². The first kappa shape index (κ1) is 13.8. The Morgan fingerprint density at radius 3 is 3.00 bits per heavy atom. The predicted octanol–water partition coefficient (Wildman–Crippen LogP) is 0.715. The second kappa shape index (κ2) is 5.56. The van der Waals surface area contributed by atoms with Gasteiger partial charge in [-0.05, 0) is 24.5 Å². The molecular weight excluding hydrogens is 268 g/mol. The van der Waals surface area contributed by atoms with Crippen molar-refractivity contribution in [2.24, 2.45) is 5.92 Å². The first-order valence-electron chi connectivity index (χ1n) is 5.99. The lowest BCUT2D eigenvalue weighted by molar-refractivity contribution is 0.0601. The van der Waals surface area contributed by atoms with Crippen molar-refractivity contribution < 1.29 is 17.9 Å². The average molecular weight is 284 g/mol. The highest BCUT2D eigenvalue weighted by Gasteiger charge is 2.27. The molecule has 1 saturated heterocycles. The number of rotatable bonds is 4. The number of nitrogens with one attached hydrogen (secondary N) is 1. The van der Waals surface area contributed by atoms with Gasteiger partial charge in [-0.15, -0.1) is 0 Å². The molecule has 0 saturated carbocycles. The topological polar surface area (TPSA) is 85.4 Å². The van der Waals surface area contributed by atoms with E-state index in [1.54, 1.807) is 18.3 Å². The number of hydrogen-bond donors (Lipinski definition) is 1. The number of carbonyl (C=O) groups is 1. The average Bonchev–Trinajstić information content (AvgIpc) is 2.75. The van der Waals surface area contributed by atoms with Crippen LogP contribution in [0.2, 0.25) is 0 Å².